The van der Waals surface area contributed by atoms with Crippen molar-refractivity contribution in [2.75, 3.05) is 13.9 Å². The first-order valence-corrected chi connectivity index (χ1v) is 4.15. The topological polar surface area (TPSA) is 55.5 Å². The summed E-state index contributed by atoms with van der Waals surface area (Å²) in [5, 5.41) is 7.65. The van der Waals surface area contributed by atoms with Gasteiger partial charge in [-0.05, 0) is 19.3 Å². The first-order valence-electron chi connectivity index (χ1n) is 4.15. The molecule has 76 valence electrons. The minimum Gasteiger partial charge on any atom is -0.371 e. The SMILES string of the molecule is C#C.COCO.N[C@@H]1CC=CCC1. The lowest BCUT2D eigenvalue weighted by Crippen LogP contribution is -2.19. The highest BCUT2D eigenvalue weighted by Gasteiger charge is 2.00. The molecule has 1 aliphatic rings. The lowest BCUT2D eigenvalue weighted by atomic mass is 10.0. The number of allylic oxidation sites excluding steroid dienone is 1. The molecule has 0 bridgehead atoms. The fraction of sp³-hybridized carbons (Fsp3) is 0.600. The second-order valence-electron chi connectivity index (χ2n) is 2.46. The predicted molar refractivity (Wildman–Crippen MR) is 55.0 cm³/mol. The monoisotopic (exact) mass is 185 g/mol. The molecule has 0 saturated carbocycles. The molecule has 1 aliphatic carbocycles. The zero-order chi connectivity index (χ0) is 10.5. The van der Waals surface area contributed by atoms with Gasteiger partial charge in [0.25, 0.3) is 0 Å². The van der Waals surface area contributed by atoms with Gasteiger partial charge in [-0.1, -0.05) is 12.2 Å². The van der Waals surface area contributed by atoms with Crippen molar-refractivity contribution < 1.29 is 9.84 Å². The van der Waals surface area contributed by atoms with E-state index in [4.69, 9.17) is 10.8 Å². The molecule has 0 saturated heterocycles. The van der Waals surface area contributed by atoms with Crippen molar-refractivity contribution in [3.63, 3.8) is 0 Å². The Morgan fingerprint density at radius 1 is 1.54 bits per heavy atom. The van der Waals surface area contributed by atoms with Crippen LogP contribution >= 0.6 is 0 Å². The van der Waals surface area contributed by atoms with Gasteiger partial charge in [0.1, 0.15) is 6.79 Å². The van der Waals surface area contributed by atoms with Gasteiger partial charge in [-0.2, -0.15) is 0 Å². The number of hydrogen-bond donors (Lipinski definition) is 2. The summed E-state index contributed by atoms with van der Waals surface area (Å²) in [6, 6.07) is 0.449. The van der Waals surface area contributed by atoms with Crippen molar-refractivity contribution in [2.45, 2.75) is 25.3 Å². The summed E-state index contributed by atoms with van der Waals surface area (Å²) in [5.41, 5.74) is 5.58. The van der Waals surface area contributed by atoms with Crippen molar-refractivity contribution >= 4 is 0 Å². The quantitative estimate of drug-likeness (QED) is 0.362. The number of nitrogens with two attached hydrogens (primary N) is 1. The van der Waals surface area contributed by atoms with Crippen molar-refractivity contribution in [3.05, 3.63) is 12.2 Å². The van der Waals surface area contributed by atoms with Gasteiger partial charge in [-0.15, -0.1) is 12.8 Å². The highest BCUT2D eigenvalue weighted by molar-refractivity contribution is 4.91. The van der Waals surface area contributed by atoms with E-state index < -0.39 is 0 Å². The summed E-state index contributed by atoms with van der Waals surface area (Å²) in [6.45, 7) is -0.181. The number of terminal acetylenes is 1. The molecule has 0 fully saturated rings. The van der Waals surface area contributed by atoms with Crippen LogP contribution in [0.1, 0.15) is 19.3 Å². The van der Waals surface area contributed by atoms with E-state index in [1.807, 2.05) is 0 Å². The molecular weight excluding hydrogens is 166 g/mol. The first-order chi connectivity index (χ1) is 6.31. The maximum atomic E-state index is 7.65. The van der Waals surface area contributed by atoms with Gasteiger partial charge in [-0.3, -0.25) is 0 Å². The number of aliphatic hydroxyl groups excluding tert-OH is 1. The van der Waals surface area contributed by atoms with E-state index >= 15 is 0 Å². The van der Waals surface area contributed by atoms with Crippen LogP contribution in [0.3, 0.4) is 0 Å². The molecule has 0 unspecified atom stereocenters. The molecule has 1 atom stereocenters. The summed E-state index contributed by atoms with van der Waals surface area (Å²) in [4.78, 5) is 0. The molecule has 3 heteroatoms. The Hall–Kier alpha value is -0.820. The van der Waals surface area contributed by atoms with Crippen LogP contribution in [0.15, 0.2) is 12.2 Å². The molecule has 0 spiro atoms. The Labute approximate surface area is 80.6 Å². The predicted octanol–water partition coefficient (Wildman–Crippen LogP) is 0.886. The van der Waals surface area contributed by atoms with Gasteiger partial charge in [0.05, 0.1) is 0 Å². The van der Waals surface area contributed by atoms with Crippen molar-refractivity contribution in [1.29, 1.82) is 0 Å². The highest BCUT2D eigenvalue weighted by Crippen LogP contribution is 2.06. The molecule has 0 aromatic carbocycles. The molecule has 0 radical (unpaired) electrons. The average Bonchev–Trinajstić information content (AvgIpc) is 2.22. The van der Waals surface area contributed by atoms with Crippen molar-refractivity contribution in [1.82, 2.24) is 0 Å². The molecule has 3 N–H and O–H groups in total. The zero-order valence-electron chi connectivity index (χ0n) is 8.15. The average molecular weight is 185 g/mol. The number of methoxy groups -OCH3 is 1. The largest absolute Gasteiger partial charge is 0.371 e. The van der Waals surface area contributed by atoms with E-state index in [1.165, 1.54) is 20.0 Å². The van der Waals surface area contributed by atoms with Gasteiger partial charge >= 0.3 is 0 Å². The molecule has 0 aliphatic heterocycles. The van der Waals surface area contributed by atoms with E-state index in [2.05, 4.69) is 29.7 Å². The Morgan fingerprint density at radius 2 is 2.08 bits per heavy atom. The van der Waals surface area contributed by atoms with Crippen LogP contribution < -0.4 is 5.73 Å². The lowest BCUT2D eigenvalue weighted by Gasteiger charge is -2.09. The van der Waals surface area contributed by atoms with Crippen molar-refractivity contribution in [2.24, 2.45) is 5.73 Å². The minimum absolute atomic E-state index is 0.181. The first kappa shape index (κ1) is 14.7. The number of aliphatic hydroxyl groups is 1. The third-order valence-corrected chi connectivity index (χ3v) is 1.44. The fourth-order valence-corrected chi connectivity index (χ4v) is 0.817. The van der Waals surface area contributed by atoms with Crippen LogP contribution in [0.4, 0.5) is 0 Å². The van der Waals surface area contributed by atoms with E-state index in [0.717, 1.165) is 6.42 Å². The van der Waals surface area contributed by atoms with E-state index in [9.17, 15) is 0 Å². The van der Waals surface area contributed by atoms with Gasteiger partial charge < -0.3 is 15.6 Å². The molecule has 0 aromatic heterocycles. The number of rotatable bonds is 1. The van der Waals surface area contributed by atoms with E-state index in [1.54, 1.807) is 0 Å². The zero-order valence-corrected chi connectivity index (χ0v) is 8.15. The molecule has 0 heterocycles. The number of ether oxygens (including phenoxy) is 1. The maximum absolute atomic E-state index is 7.65. The van der Waals surface area contributed by atoms with Crippen LogP contribution in [-0.4, -0.2) is 25.1 Å². The summed E-state index contributed by atoms with van der Waals surface area (Å²) >= 11 is 0. The summed E-state index contributed by atoms with van der Waals surface area (Å²) in [5.74, 6) is 0. The van der Waals surface area contributed by atoms with Crippen molar-refractivity contribution in [3.8, 4) is 12.8 Å². The van der Waals surface area contributed by atoms with Gasteiger partial charge in [0.15, 0.2) is 0 Å². The molecule has 0 aromatic rings. The van der Waals surface area contributed by atoms with Crippen LogP contribution in [0.2, 0.25) is 0 Å². The second-order valence-corrected chi connectivity index (χ2v) is 2.46. The summed E-state index contributed by atoms with van der Waals surface area (Å²) in [6.07, 6.45) is 15.8. The summed E-state index contributed by atoms with van der Waals surface area (Å²) in [7, 11) is 1.43. The maximum Gasteiger partial charge on any atom is 0.143 e. The third-order valence-electron chi connectivity index (χ3n) is 1.44. The molecule has 13 heavy (non-hydrogen) atoms. The highest BCUT2D eigenvalue weighted by atomic mass is 16.6. The normalized spacial score (nSPS) is 19.0. The summed E-state index contributed by atoms with van der Waals surface area (Å²) < 4.78 is 4.10. The Bertz CT molecular complexity index is 130. The Morgan fingerprint density at radius 3 is 2.23 bits per heavy atom. The third kappa shape index (κ3) is 14.1. The smallest absolute Gasteiger partial charge is 0.143 e. The van der Waals surface area contributed by atoms with Gasteiger partial charge in [0.2, 0.25) is 0 Å². The van der Waals surface area contributed by atoms with Gasteiger partial charge in [-0.25, -0.2) is 0 Å². The second kappa shape index (κ2) is 13.7. The molecule has 1 rings (SSSR count). The fourth-order valence-electron chi connectivity index (χ4n) is 0.817. The lowest BCUT2D eigenvalue weighted by molar-refractivity contribution is 0.0325. The Kier molecular flexibility index (Phi) is 15.5. The molecular formula is C10H19NO2. The van der Waals surface area contributed by atoms with Crippen LogP contribution in [-0.2, 0) is 4.74 Å². The van der Waals surface area contributed by atoms with Crippen LogP contribution in [0, 0.1) is 12.8 Å². The Balaban J connectivity index is 0. The molecule has 0 amide bonds. The number of hydrogen-bond acceptors (Lipinski definition) is 3. The van der Waals surface area contributed by atoms with E-state index in [-0.39, 0.29) is 6.79 Å². The van der Waals surface area contributed by atoms with Crippen LogP contribution in [0.5, 0.6) is 0 Å². The standard InChI is InChI=1S/C6H11N.C2H6O2.C2H2/c7-6-4-2-1-3-5-6;1-4-2-3;1-2/h1-2,6H,3-5,7H2;3H,2H2,1H3;1-2H/t6-;;/m1../s1. The van der Waals surface area contributed by atoms with Gasteiger partial charge in [0, 0.05) is 13.2 Å². The molecule has 3 nitrogen and oxygen atoms in total. The minimum atomic E-state index is -0.181. The van der Waals surface area contributed by atoms with E-state index in [0.29, 0.717) is 6.04 Å². The van der Waals surface area contributed by atoms with Crippen LogP contribution in [0.25, 0.3) is 0 Å².